The van der Waals surface area contributed by atoms with Crippen LogP contribution in [0.1, 0.15) is 16.1 Å². The van der Waals surface area contributed by atoms with Crippen molar-refractivity contribution in [3.05, 3.63) is 59.9 Å². The van der Waals surface area contributed by atoms with E-state index in [1.807, 2.05) is 31.2 Å². The van der Waals surface area contributed by atoms with Crippen LogP contribution in [0.2, 0.25) is 0 Å². The van der Waals surface area contributed by atoms with Crippen LogP contribution in [0.15, 0.2) is 48.7 Å². The molecular formula is C15H13N5O. The van der Waals surface area contributed by atoms with Crippen molar-refractivity contribution < 1.29 is 4.79 Å². The number of nitrogens with two attached hydrogens (primary N) is 1. The zero-order valence-electron chi connectivity index (χ0n) is 11.4. The number of carbonyl (C=O) groups is 1. The Kier molecular flexibility index (Phi) is 3.19. The van der Waals surface area contributed by atoms with Crippen LogP contribution in [0.4, 0.5) is 5.95 Å². The van der Waals surface area contributed by atoms with Crippen molar-refractivity contribution in [3.63, 3.8) is 0 Å². The number of carbonyl (C=O) groups excluding carboxylic acids is 1. The SMILES string of the molecule is Cc1ccc(-c2nc(N)n(C(=O)c3ccccn3)n2)cc1. The van der Waals surface area contributed by atoms with Crippen LogP contribution in [0.25, 0.3) is 11.4 Å². The van der Waals surface area contributed by atoms with E-state index in [0.29, 0.717) is 5.82 Å². The Morgan fingerprint density at radius 3 is 2.57 bits per heavy atom. The summed E-state index contributed by atoms with van der Waals surface area (Å²) in [5.41, 5.74) is 8.00. The number of aromatic nitrogens is 4. The summed E-state index contributed by atoms with van der Waals surface area (Å²) in [5.74, 6) is 0.0528. The molecule has 0 fully saturated rings. The molecule has 0 aliphatic rings. The second-order valence-corrected chi connectivity index (χ2v) is 4.59. The van der Waals surface area contributed by atoms with Gasteiger partial charge in [-0.3, -0.25) is 9.78 Å². The van der Waals surface area contributed by atoms with E-state index in [-0.39, 0.29) is 11.6 Å². The van der Waals surface area contributed by atoms with Crippen molar-refractivity contribution in [2.45, 2.75) is 6.92 Å². The Bertz CT molecular complexity index is 778. The highest BCUT2D eigenvalue weighted by atomic mass is 16.2. The molecule has 3 rings (SSSR count). The first-order valence-corrected chi connectivity index (χ1v) is 6.40. The van der Waals surface area contributed by atoms with E-state index in [1.54, 1.807) is 24.4 Å². The fraction of sp³-hybridized carbons (Fsp3) is 0.0667. The molecule has 21 heavy (non-hydrogen) atoms. The summed E-state index contributed by atoms with van der Waals surface area (Å²) in [7, 11) is 0. The highest BCUT2D eigenvalue weighted by Gasteiger charge is 2.17. The maximum atomic E-state index is 12.3. The first kappa shape index (κ1) is 13.0. The topological polar surface area (TPSA) is 86.7 Å². The monoisotopic (exact) mass is 279 g/mol. The minimum atomic E-state index is -0.404. The lowest BCUT2D eigenvalue weighted by molar-refractivity contribution is 0.0943. The van der Waals surface area contributed by atoms with Gasteiger partial charge in [0.25, 0.3) is 5.91 Å². The van der Waals surface area contributed by atoms with Gasteiger partial charge < -0.3 is 5.73 Å². The van der Waals surface area contributed by atoms with Crippen LogP contribution in [-0.4, -0.2) is 25.7 Å². The molecule has 0 saturated carbocycles. The Hall–Kier alpha value is -3.02. The molecule has 0 spiro atoms. The molecule has 0 unspecified atom stereocenters. The number of hydrogen-bond acceptors (Lipinski definition) is 5. The first-order chi connectivity index (χ1) is 10.1. The maximum absolute atomic E-state index is 12.3. The summed E-state index contributed by atoms with van der Waals surface area (Å²) < 4.78 is 1.07. The number of aryl methyl sites for hydroxylation is 1. The van der Waals surface area contributed by atoms with Gasteiger partial charge in [-0.15, -0.1) is 5.10 Å². The fourth-order valence-corrected chi connectivity index (χ4v) is 1.90. The van der Waals surface area contributed by atoms with Gasteiger partial charge in [-0.05, 0) is 19.1 Å². The van der Waals surface area contributed by atoms with Crippen LogP contribution < -0.4 is 5.73 Å². The third kappa shape index (κ3) is 2.51. The largest absolute Gasteiger partial charge is 0.368 e. The number of hydrogen-bond donors (Lipinski definition) is 1. The molecule has 0 bridgehead atoms. The minimum absolute atomic E-state index is 0.0428. The standard InChI is InChI=1S/C15H13N5O/c1-10-5-7-11(8-6-10)13-18-15(16)20(19-13)14(21)12-4-2-3-9-17-12/h2-9H,1H3,(H2,16,18,19). The van der Waals surface area contributed by atoms with Crippen LogP contribution in [0, 0.1) is 6.92 Å². The van der Waals surface area contributed by atoms with Crippen molar-refractivity contribution >= 4 is 11.9 Å². The fourth-order valence-electron chi connectivity index (χ4n) is 1.90. The number of nitrogens with zero attached hydrogens (tertiary/aromatic N) is 4. The van der Waals surface area contributed by atoms with Gasteiger partial charge in [0, 0.05) is 11.8 Å². The summed E-state index contributed by atoms with van der Waals surface area (Å²) in [4.78, 5) is 20.4. The van der Waals surface area contributed by atoms with E-state index >= 15 is 0 Å². The van der Waals surface area contributed by atoms with E-state index in [4.69, 9.17) is 5.73 Å². The second-order valence-electron chi connectivity index (χ2n) is 4.59. The molecule has 6 heteroatoms. The lowest BCUT2D eigenvalue weighted by Gasteiger charge is -1.99. The molecule has 104 valence electrons. The lowest BCUT2D eigenvalue weighted by atomic mass is 10.1. The summed E-state index contributed by atoms with van der Waals surface area (Å²) >= 11 is 0. The van der Waals surface area contributed by atoms with Crippen molar-refractivity contribution in [2.75, 3.05) is 5.73 Å². The normalized spacial score (nSPS) is 10.5. The molecule has 2 aromatic heterocycles. The van der Waals surface area contributed by atoms with Crippen molar-refractivity contribution in [3.8, 4) is 11.4 Å². The van der Waals surface area contributed by atoms with E-state index in [1.165, 1.54) is 0 Å². The van der Waals surface area contributed by atoms with E-state index < -0.39 is 5.91 Å². The number of rotatable bonds is 2. The average Bonchev–Trinajstić information content (AvgIpc) is 2.90. The molecular weight excluding hydrogens is 266 g/mol. The predicted octanol–water partition coefficient (Wildman–Crippen LogP) is 1.92. The van der Waals surface area contributed by atoms with E-state index in [9.17, 15) is 4.79 Å². The van der Waals surface area contributed by atoms with Crippen LogP contribution in [-0.2, 0) is 0 Å². The Labute approximate surface area is 121 Å². The van der Waals surface area contributed by atoms with Gasteiger partial charge in [-0.2, -0.15) is 9.67 Å². The molecule has 0 aliphatic heterocycles. The van der Waals surface area contributed by atoms with Gasteiger partial charge in [-0.25, -0.2) is 0 Å². The van der Waals surface area contributed by atoms with Crippen LogP contribution >= 0.6 is 0 Å². The Morgan fingerprint density at radius 2 is 1.90 bits per heavy atom. The molecule has 0 radical (unpaired) electrons. The Morgan fingerprint density at radius 1 is 1.14 bits per heavy atom. The van der Waals surface area contributed by atoms with Crippen LogP contribution in [0.3, 0.4) is 0 Å². The van der Waals surface area contributed by atoms with Gasteiger partial charge in [0.1, 0.15) is 5.69 Å². The lowest BCUT2D eigenvalue weighted by Crippen LogP contribution is -2.17. The predicted molar refractivity (Wildman–Crippen MR) is 78.6 cm³/mol. The quantitative estimate of drug-likeness (QED) is 0.774. The number of nitrogen functional groups attached to an aromatic ring is 1. The summed E-state index contributed by atoms with van der Waals surface area (Å²) in [5, 5.41) is 4.18. The van der Waals surface area contributed by atoms with Gasteiger partial charge >= 0.3 is 0 Å². The molecule has 3 aromatic rings. The third-order valence-corrected chi connectivity index (χ3v) is 3.02. The zero-order chi connectivity index (χ0) is 14.8. The van der Waals surface area contributed by atoms with Gasteiger partial charge in [0.15, 0.2) is 5.82 Å². The maximum Gasteiger partial charge on any atom is 0.299 e. The molecule has 6 nitrogen and oxygen atoms in total. The van der Waals surface area contributed by atoms with E-state index in [2.05, 4.69) is 15.1 Å². The highest BCUT2D eigenvalue weighted by molar-refractivity contribution is 5.95. The van der Waals surface area contributed by atoms with Crippen LogP contribution in [0.5, 0.6) is 0 Å². The first-order valence-electron chi connectivity index (χ1n) is 6.40. The smallest absolute Gasteiger partial charge is 0.299 e. The molecule has 2 heterocycles. The summed E-state index contributed by atoms with van der Waals surface area (Å²) in [6, 6.07) is 12.8. The van der Waals surface area contributed by atoms with Crippen molar-refractivity contribution in [1.29, 1.82) is 0 Å². The number of benzene rings is 1. The summed E-state index contributed by atoms with van der Waals surface area (Å²) in [6.45, 7) is 1.99. The molecule has 0 aliphatic carbocycles. The average molecular weight is 279 g/mol. The highest BCUT2D eigenvalue weighted by Crippen LogP contribution is 2.17. The minimum Gasteiger partial charge on any atom is -0.368 e. The number of pyridine rings is 1. The molecule has 2 N–H and O–H groups in total. The van der Waals surface area contributed by atoms with Gasteiger partial charge in [-0.1, -0.05) is 35.9 Å². The molecule has 0 amide bonds. The molecule has 0 saturated heterocycles. The summed E-state index contributed by atoms with van der Waals surface area (Å²) in [6.07, 6.45) is 1.54. The Balaban J connectivity index is 1.98. The zero-order valence-corrected chi connectivity index (χ0v) is 11.4. The van der Waals surface area contributed by atoms with E-state index in [0.717, 1.165) is 15.8 Å². The van der Waals surface area contributed by atoms with Gasteiger partial charge in [0.05, 0.1) is 0 Å². The third-order valence-electron chi connectivity index (χ3n) is 3.02. The van der Waals surface area contributed by atoms with Gasteiger partial charge in [0.2, 0.25) is 5.95 Å². The second kappa shape index (κ2) is 5.16. The van der Waals surface area contributed by atoms with Crippen molar-refractivity contribution in [2.24, 2.45) is 0 Å². The molecule has 0 atom stereocenters. The molecule has 1 aromatic carbocycles. The number of anilines is 1. The van der Waals surface area contributed by atoms with Crippen molar-refractivity contribution in [1.82, 2.24) is 19.7 Å².